The Bertz CT molecular complexity index is 478. The summed E-state index contributed by atoms with van der Waals surface area (Å²) in [7, 11) is 6.16. The molecule has 0 atom stereocenters. The molecule has 102 valence electrons. The lowest BCUT2D eigenvalue weighted by atomic mass is 10.1. The fourth-order valence-electron chi connectivity index (χ4n) is 1.71. The topological polar surface area (TPSA) is 60.7 Å². The van der Waals surface area contributed by atoms with E-state index in [1.807, 2.05) is 12.1 Å². The average molecular weight is 263 g/mol. The van der Waals surface area contributed by atoms with Crippen molar-refractivity contribution >= 4 is 0 Å². The van der Waals surface area contributed by atoms with Gasteiger partial charge in [0, 0.05) is 6.42 Å². The third-order valence-electron chi connectivity index (χ3n) is 2.52. The van der Waals surface area contributed by atoms with Crippen molar-refractivity contribution in [1.29, 1.82) is 5.26 Å². The number of hydrogen-bond donors (Lipinski definition) is 0. The molecule has 5 nitrogen and oxygen atoms in total. The fraction of sp³-hybridized carbons (Fsp3) is 0.357. The van der Waals surface area contributed by atoms with Crippen molar-refractivity contribution in [1.82, 2.24) is 0 Å². The van der Waals surface area contributed by atoms with E-state index in [0.29, 0.717) is 29.2 Å². The molecule has 0 N–H and O–H groups in total. The molecule has 5 heteroatoms. The first kappa shape index (κ1) is 14.7. The second-order valence-electron chi connectivity index (χ2n) is 3.70. The van der Waals surface area contributed by atoms with E-state index < -0.39 is 0 Å². The van der Waals surface area contributed by atoms with Gasteiger partial charge in [-0.1, -0.05) is 0 Å². The van der Waals surface area contributed by atoms with Gasteiger partial charge in [0.2, 0.25) is 5.75 Å². The third-order valence-corrected chi connectivity index (χ3v) is 2.52. The van der Waals surface area contributed by atoms with E-state index in [1.165, 1.54) is 13.4 Å². The van der Waals surface area contributed by atoms with Gasteiger partial charge in [-0.2, -0.15) is 5.26 Å². The van der Waals surface area contributed by atoms with Gasteiger partial charge in [0.15, 0.2) is 11.5 Å². The van der Waals surface area contributed by atoms with Crippen LogP contribution in [-0.2, 0) is 11.2 Å². The van der Waals surface area contributed by atoms with E-state index in [-0.39, 0.29) is 0 Å². The van der Waals surface area contributed by atoms with E-state index in [9.17, 15) is 0 Å². The van der Waals surface area contributed by atoms with Gasteiger partial charge in [0.05, 0.1) is 46.3 Å². The number of rotatable bonds is 6. The summed E-state index contributed by atoms with van der Waals surface area (Å²) < 4.78 is 20.6. The van der Waals surface area contributed by atoms with Crippen LogP contribution >= 0.6 is 0 Å². The minimum absolute atomic E-state index is 0.432. The maximum atomic E-state index is 8.99. The summed E-state index contributed by atoms with van der Waals surface area (Å²) in [5.74, 6) is 1.65. The zero-order valence-electron chi connectivity index (χ0n) is 11.5. The van der Waals surface area contributed by atoms with E-state index in [2.05, 4.69) is 6.07 Å². The molecule has 0 radical (unpaired) electrons. The second kappa shape index (κ2) is 7.17. The summed E-state index contributed by atoms with van der Waals surface area (Å²) >= 11 is 0. The number of allylic oxidation sites excluding steroid dienone is 1. The van der Waals surface area contributed by atoms with Gasteiger partial charge in [-0.05, 0) is 17.7 Å². The molecular formula is C14H17NO4. The van der Waals surface area contributed by atoms with E-state index in [4.69, 9.17) is 24.2 Å². The van der Waals surface area contributed by atoms with Crippen LogP contribution in [0.2, 0.25) is 0 Å². The van der Waals surface area contributed by atoms with E-state index in [0.717, 1.165) is 5.56 Å². The molecule has 0 fully saturated rings. The molecule has 0 aromatic heterocycles. The molecule has 0 bridgehead atoms. The van der Waals surface area contributed by atoms with Crippen molar-refractivity contribution in [3.05, 3.63) is 29.5 Å². The normalized spacial score (nSPS) is 10.6. The SMILES string of the molecule is CO/C=C(\C#N)Cc1cc(OC)c(OC)c(OC)c1. The predicted molar refractivity (Wildman–Crippen MR) is 70.5 cm³/mol. The first-order valence-corrected chi connectivity index (χ1v) is 5.61. The number of benzene rings is 1. The van der Waals surface area contributed by atoms with Crippen LogP contribution in [0.15, 0.2) is 24.0 Å². The molecule has 19 heavy (non-hydrogen) atoms. The summed E-state index contributed by atoms with van der Waals surface area (Å²) in [4.78, 5) is 0. The number of hydrogen-bond acceptors (Lipinski definition) is 5. The minimum Gasteiger partial charge on any atom is -0.503 e. The lowest BCUT2D eigenvalue weighted by molar-refractivity contribution is 0.323. The molecule has 0 heterocycles. The van der Waals surface area contributed by atoms with Gasteiger partial charge < -0.3 is 18.9 Å². The van der Waals surface area contributed by atoms with Crippen molar-refractivity contribution in [2.75, 3.05) is 28.4 Å². The zero-order valence-corrected chi connectivity index (χ0v) is 11.5. The Morgan fingerprint density at radius 1 is 1.11 bits per heavy atom. The molecule has 0 spiro atoms. The van der Waals surface area contributed by atoms with Crippen LogP contribution in [0.3, 0.4) is 0 Å². The van der Waals surface area contributed by atoms with Crippen LogP contribution in [-0.4, -0.2) is 28.4 Å². The van der Waals surface area contributed by atoms with Crippen LogP contribution in [0.1, 0.15) is 5.56 Å². The minimum atomic E-state index is 0.432. The van der Waals surface area contributed by atoms with Gasteiger partial charge in [-0.15, -0.1) is 0 Å². The predicted octanol–water partition coefficient (Wildman–Crippen LogP) is 2.31. The molecular weight excluding hydrogens is 246 g/mol. The molecule has 0 unspecified atom stereocenters. The molecule has 0 aliphatic heterocycles. The fourth-order valence-corrected chi connectivity index (χ4v) is 1.71. The number of methoxy groups -OCH3 is 4. The Balaban J connectivity index is 3.17. The number of nitriles is 1. The van der Waals surface area contributed by atoms with Crippen LogP contribution in [0.4, 0.5) is 0 Å². The van der Waals surface area contributed by atoms with Crippen LogP contribution in [0.25, 0.3) is 0 Å². The monoisotopic (exact) mass is 263 g/mol. The van der Waals surface area contributed by atoms with Gasteiger partial charge in [-0.25, -0.2) is 0 Å². The van der Waals surface area contributed by atoms with Crippen LogP contribution in [0, 0.1) is 11.3 Å². The van der Waals surface area contributed by atoms with Crippen molar-refractivity contribution in [3.63, 3.8) is 0 Å². The highest BCUT2D eigenvalue weighted by Crippen LogP contribution is 2.38. The van der Waals surface area contributed by atoms with Gasteiger partial charge in [0.1, 0.15) is 0 Å². The Hall–Kier alpha value is -2.35. The van der Waals surface area contributed by atoms with E-state index >= 15 is 0 Å². The summed E-state index contributed by atoms with van der Waals surface area (Å²) in [5, 5.41) is 8.99. The summed E-state index contributed by atoms with van der Waals surface area (Å²) in [6.07, 6.45) is 1.85. The molecule has 1 aromatic rings. The second-order valence-corrected chi connectivity index (χ2v) is 3.70. The molecule has 0 aliphatic rings. The third kappa shape index (κ3) is 3.55. The van der Waals surface area contributed by atoms with E-state index in [1.54, 1.807) is 21.3 Å². The quantitative estimate of drug-likeness (QED) is 0.582. The maximum Gasteiger partial charge on any atom is 0.203 e. The van der Waals surface area contributed by atoms with Crippen LogP contribution < -0.4 is 14.2 Å². The van der Waals surface area contributed by atoms with Crippen molar-refractivity contribution in [2.24, 2.45) is 0 Å². The number of nitrogens with zero attached hydrogens (tertiary/aromatic N) is 1. The average Bonchev–Trinajstić information content (AvgIpc) is 2.45. The highest BCUT2D eigenvalue weighted by molar-refractivity contribution is 5.54. The van der Waals surface area contributed by atoms with Crippen molar-refractivity contribution < 1.29 is 18.9 Å². The lowest BCUT2D eigenvalue weighted by Crippen LogP contribution is -1.98. The van der Waals surface area contributed by atoms with Gasteiger partial charge >= 0.3 is 0 Å². The Morgan fingerprint density at radius 2 is 1.68 bits per heavy atom. The largest absolute Gasteiger partial charge is 0.503 e. The summed E-state index contributed by atoms with van der Waals surface area (Å²) in [6, 6.07) is 5.69. The molecule has 0 saturated heterocycles. The van der Waals surface area contributed by atoms with Gasteiger partial charge in [0.25, 0.3) is 0 Å². The highest BCUT2D eigenvalue weighted by atomic mass is 16.5. The Kier molecular flexibility index (Phi) is 5.55. The smallest absolute Gasteiger partial charge is 0.203 e. The molecule has 0 saturated carbocycles. The van der Waals surface area contributed by atoms with Crippen molar-refractivity contribution in [2.45, 2.75) is 6.42 Å². The maximum absolute atomic E-state index is 8.99. The van der Waals surface area contributed by atoms with Gasteiger partial charge in [-0.3, -0.25) is 0 Å². The summed E-state index contributed by atoms with van der Waals surface area (Å²) in [5.41, 5.74) is 1.39. The Morgan fingerprint density at radius 3 is 2.05 bits per heavy atom. The first-order valence-electron chi connectivity index (χ1n) is 5.61. The molecule has 0 aliphatic carbocycles. The Labute approximate surface area is 113 Å². The van der Waals surface area contributed by atoms with Crippen molar-refractivity contribution in [3.8, 4) is 23.3 Å². The molecule has 1 rings (SSSR count). The highest BCUT2D eigenvalue weighted by Gasteiger charge is 2.13. The molecule has 1 aromatic carbocycles. The summed E-state index contributed by atoms with van der Waals surface area (Å²) in [6.45, 7) is 0. The first-order chi connectivity index (χ1) is 9.19. The lowest BCUT2D eigenvalue weighted by Gasteiger charge is -2.13. The zero-order chi connectivity index (χ0) is 14.3. The van der Waals surface area contributed by atoms with Crippen LogP contribution in [0.5, 0.6) is 17.2 Å². The number of ether oxygens (including phenoxy) is 4. The molecule has 0 amide bonds. The standard InChI is InChI=1S/C14H17NO4/c1-16-9-11(8-15)5-10-6-12(17-2)14(19-4)13(7-10)18-3/h6-7,9H,5H2,1-4H3/b11-9-.